The number of carbonyl (C=O) groups is 3. The minimum absolute atomic E-state index is 0.133. The Labute approximate surface area is 139 Å². The summed E-state index contributed by atoms with van der Waals surface area (Å²) < 4.78 is 5.15. The molecule has 0 saturated carbocycles. The number of rotatable bonds is 4. The molecule has 1 aromatic carbocycles. The van der Waals surface area contributed by atoms with Gasteiger partial charge in [0, 0.05) is 6.07 Å². The molecule has 7 nitrogen and oxygen atoms in total. The number of hydrogen-bond acceptors (Lipinski definition) is 5. The fourth-order valence-corrected chi connectivity index (χ4v) is 3.38. The van der Waals surface area contributed by atoms with Gasteiger partial charge in [0.2, 0.25) is 5.91 Å². The molecule has 0 spiro atoms. The van der Waals surface area contributed by atoms with Gasteiger partial charge in [-0.2, -0.15) is 0 Å². The van der Waals surface area contributed by atoms with Gasteiger partial charge in [0.05, 0.1) is 31.2 Å². The summed E-state index contributed by atoms with van der Waals surface area (Å²) in [5.41, 5.74) is 0.507. The standard InChI is InChI=1S/C17H20N2O5/c1-24-13-4-2-3-12(9-13)19-15(20)10-14(16(19)21)18-7-5-11(6-8-18)17(22)23/h2-4,9,11,14H,5-8,10H2,1H3,(H,22,23)/t14-/m0/s1. The molecule has 0 aromatic heterocycles. The van der Waals surface area contributed by atoms with Crippen molar-refractivity contribution in [2.45, 2.75) is 25.3 Å². The SMILES string of the molecule is COc1cccc(N2C(=O)C[C@H](N3CCC(C(=O)O)CC3)C2=O)c1. The van der Waals surface area contributed by atoms with Crippen LogP contribution in [0.5, 0.6) is 5.75 Å². The number of carboxylic acid groups (broad SMARTS) is 1. The van der Waals surface area contributed by atoms with Crippen LogP contribution >= 0.6 is 0 Å². The summed E-state index contributed by atoms with van der Waals surface area (Å²) in [7, 11) is 1.53. The van der Waals surface area contributed by atoms with Crippen LogP contribution in [0.25, 0.3) is 0 Å². The zero-order valence-electron chi connectivity index (χ0n) is 13.5. The molecule has 2 amide bonds. The van der Waals surface area contributed by atoms with Gasteiger partial charge in [0.1, 0.15) is 5.75 Å². The highest BCUT2D eigenvalue weighted by Gasteiger charge is 2.43. The Balaban J connectivity index is 1.73. The first-order valence-electron chi connectivity index (χ1n) is 7.99. The number of carboxylic acids is 1. The number of carbonyl (C=O) groups excluding carboxylic acids is 2. The third kappa shape index (κ3) is 2.99. The molecular formula is C17H20N2O5. The van der Waals surface area contributed by atoms with E-state index < -0.39 is 12.0 Å². The average molecular weight is 332 g/mol. The van der Waals surface area contributed by atoms with Crippen molar-refractivity contribution in [3.63, 3.8) is 0 Å². The Morgan fingerprint density at radius 3 is 2.58 bits per heavy atom. The van der Waals surface area contributed by atoms with Crippen molar-refractivity contribution in [3.05, 3.63) is 24.3 Å². The second-order valence-corrected chi connectivity index (χ2v) is 6.14. The summed E-state index contributed by atoms with van der Waals surface area (Å²) in [5, 5.41) is 9.06. The zero-order chi connectivity index (χ0) is 17.3. The fraction of sp³-hybridized carbons (Fsp3) is 0.471. The van der Waals surface area contributed by atoms with Crippen LogP contribution in [0.2, 0.25) is 0 Å². The number of ether oxygens (including phenoxy) is 1. The Bertz CT molecular complexity index is 667. The topological polar surface area (TPSA) is 87.2 Å². The molecule has 2 fully saturated rings. The van der Waals surface area contributed by atoms with Gasteiger partial charge in [-0.05, 0) is 38.1 Å². The Kier molecular flexibility index (Phi) is 4.53. The maximum atomic E-state index is 12.7. The molecule has 0 unspecified atom stereocenters. The zero-order valence-corrected chi connectivity index (χ0v) is 13.5. The van der Waals surface area contributed by atoms with Gasteiger partial charge < -0.3 is 9.84 Å². The summed E-state index contributed by atoms with van der Waals surface area (Å²) in [5.74, 6) is -1.05. The van der Waals surface area contributed by atoms with Crippen LogP contribution in [-0.2, 0) is 14.4 Å². The quantitative estimate of drug-likeness (QED) is 0.832. The first kappa shape index (κ1) is 16.4. The molecular weight excluding hydrogens is 312 g/mol. The van der Waals surface area contributed by atoms with Crippen molar-refractivity contribution < 1.29 is 24.2 Å². The van der Waals surface area contributed by atoms with E-state index in [2.05, 4.69) is 0 Å². The molecule has 24 heavy (non-hydrogen) atoms. The molecule has 128 valence electrons. The number of anilines is 1. The second kappa shape index (κ2) is 6.60. The molecule has 2 aliphatic heterocycles. The van der Waals surface area contributed by atoms with Crippen molar-refractivity contribution in [2.75, 3.05) is 25.1 Å². The Hall–Kier alpha value is -2.41. The summed E-state index contributed by atoms with van der Waals surface area (Å²) in [6.07, 6.45) is 1.15. The average Bonchev–Trinajstić information content (AvgIpc) is 2.89. The predicted octanol–water partition coefficient (Wildman–Crippen LogP) is 1.12. The van der Waals surface area contributed by atoms with Crippen LogP contribution < -0.4 is 9.64 Å². The van der Waals surface area contributed by atoms with E-state index >= 15 is 0 Å². The number of nitrogens with zero attached hydrogens (tertiary/aromatic N) is 2. The van der Waals surface area contributed by atoms with Crippen LogP contribution in [0, 0.1) is 5.92 Å². The number of imide groups is 1. The molecule has 2 aliphatic rings. The molecule has 2 heterocycles. The number of amides is 2. The fourth-order valence-electron chi connectivity index (χ4n) is 3.38. The summed E-state index contributed by atoms with van der Waals surface area (Å²) in [4.78, 5) is 39.3. The third-order valence-corrected chi connectivity index (χ3v) is 4.75. The first-order chi connectivity index (χ1) is 11.5. The lowest BCUT2D eigenvalue weighted by Gasteiger charge is -2.33. The van der Waals surface area contributed by atoms with Gasteiger partial charge in [0.25, 0.3) is 5.91 Å². The highest BCUT2D eigenvalue weighted by atomic mass is 16.5. The molecule has 7 heteroatoms. The number of aliphatic carboxylic acids is 1. The summed E-state index contributed by atoms with van der Waals surface area (Å²) >= 11 is 0. The van der Waals surface area contributed by atoms with Crippen molar-refractivity contribution in [2.24, 2.45) is 5.92 Å². The summed E-state index contributed by atoms with van der Waals surface area (Å²) in [6.45, 7) is 1.04. The van der Waals surface area contributed by atoms with E-state index in [1.54, 1.807) is 24.3 Å². The van der Waals surface area contributed by atoms with Gasteiger partial charge >= 0.3 is 5.97 Å². The number of likely N-dealkylation sites (tertiary alicyclic amines) is 1. The molecule has 1 N–H and O–H groups in total. The lowest BCUT2D eigenvalue weighted by molar-refractivity contribution is -0.143. The molecule has 1 aromatic rings. The smallest absolute Gasteiger partial charge is 0.306 e. The molecule has 0 radical (unpaired) electrons. The molecule has 1 atom stereocenters. The van der Waals surface area contributed by atoms with E-state index in [0.717, 1.165) is 0 Å². The minimum atomic E-state index is -0.790. The monoisotopic (exact) mass is 332 g/mol. The van der Waals surface area contributed by atoms with Gasteiger partial charge in [-0.3, -0.25) is 19.3 Å². The van der Waals surface area contributed by atoms with E-state index in [9.17, 15) is 14.4 Å². The third-order valence-electron chi connectivity index (χ3n) is 4.75. The van der Waals surface area contributed by atoms with Crippen LogP contribution in [0.15, 0.2) is 24.3 Å². The van der Waals surface area contributed by atoms with Crippen molar-refractivity contribution in [3.8, 4) is 5.75 Å². The van der Waals surface area contributed by atoms with Gasteiger partial charge in [-0.15, -0.1) is 0 Å². The van der Waals surface area contributed by atoms with Crippen molar-refractivity contribution in [1.29, 1.82) is 0 Å². The van der Waals surface area contributed by atoms with Crippen LogP contribution in [0.3, 0.4) is 0 Å². The van der Waals surface area contributed by atoms with Crippen molar-refractivity contribution in [1.82, 2.24) is 4.90 Å². The largest absolute Gasteiger partial charge is 0.497 e. The lowest BCUT2D eigenvalue weighted by atomic mass is 9.96. The number of methoxy groups -OCH3 is 1. The predicted molar refractivity (Wildman–Crippen MR) is 85.8 cm³/mol. The molecule has 3 rings (SSSR count). The van der Waals surface area contributed by atoms with E-state index in [0.29, 0.717) is 37.4 Å². The summed E-state index contributed by atoms with van der Waals surface area (Å²) in [6, 6.07) is 6.36. The molecule has 0 bridgehead atoms. The van der Waals surface area contributed by atoms with Gasteiger partial charge in [-0.25, -0.2) is 4.90 Å². The first-order valence-corrected chi connectivity index (χ1v) is 7.99. The maximum Gasteiger partial charge on any atom is 0.306 e. The highest BCUT2D eigenvalue weighted by molar-refractivity contribution is 6.22. The lowest BCUT2D eigenvalue weighted by Crippen LogP contribution is -2.46. The van der Waals surface area contributed by atoms with Gasteiger partial charge in [-0.1, -0.05) is 6.07 Å². The van der Waals surface area contributed by atoms with Crippen molar-refractivity contribution >= 4 is 23.5 Å². The van der Waals surface area contributed by atoms with Crippen LogP contribution in [-0.4, -0.2) is 54.0 Å². The van der Waals surface area contributed by atoms with E-state index in [1.165, 1.54) is 12.0 Å². The van der Waals surface area contributed by atoms with E-state index in [-0.39, 0.29) is 24.2 Å². The maximum absolute atomic E-state index is 12.7. The van der Waals surface area contributed by atoms with Crippen LogP contribution in [0.4, 0.5) is 5.69 Å². The number of hydrogen-bond donors (Lipinski definition) is 1. The van der Waals surface area contributed by atoms with E-state index in [1.807, 2.05) is 4.90 Å². The Morgan fingerprint density at radius 1 is 1.25 bits per heavy atom. The van der Waals surface area contributed by atoms with Gasteiger partial charge in [0.15, 0.2) is 0 Å². The normalized spacial score (nSPS) is 22.9. The second-order valence-electron chi connectivity index (χ2n) is 6.14. The highest BCUT2D eigenvalue weighted by Crippen LogP contribution is 2.30. The van der Waals surface area contributed by atoms with E-state index in [4.69, 9.17) is 9.84 Å². The molecule has 0 aliphatic carbocycles. The van der Waals surface area contributed by atoms with Crippen LogP contribution in [0.1, 0.15) is 19.3 Å². The number of piperidine rings is 1. The number of benzene rings is 1. The Morgan fingerprint density at radius 2 is 1.96 bits per heavy atom. The molecule has 2 saturated heterocycles. The minimum Gasteiger partial charge on any atom is -0.497 e.